The summed E-state index contributed by atoms with van der Waals surface area (Å²) in [5.41, 5.74) is 6.33. The summed E-state index contributed by atoms with van der Waals surface area (Å²) in [5, 5.41) is 0. The second kappa shape index (κ2) is 4.63. The first kappa shape index (κ1) is 11.1. The summed E-state index contributed by atoms with van der Waals surface area (Å²) in [6.45, 7) is 1.10. The van der Waals surface area contributed by atoms with Crippen LogP contribution in [0.1, 0.15) is 12.8 Å². The van der Waals surface area contributed by atoms with E-state index in [0.717, 1.165) is 13.0 Å². The van der Waals surface area contributed by atoms with Gasteiger partial charge in [0.15, 0.2) is 5.82 Å². The van der Waals surface area contributed by atoms with Gasteiger partial charge in [0.05, 0.1) is 5.69 Å². The third-order valence-electron chi connectivity index (χ3n) is 2.93. The van der Waals surface area contributed by atoms with Crippen LogP contribution in [0.25, 0.3) is 0 Å². The maximum Gasteiger partial charge on any atom is 0.243 e. The molecule has 0 aromatic carbocycles. The van der Waals surface area contributed by atoms with Crippen LogP contribution in [-0.2, 0) is 0 Å². The highest BCUT2D eigenvalue weighted by Gasteiger charge is 2.28. The average molecular weight is 227 g/mol. The molecule has 2 N–H and O–H groups in total. The summed E-state index contributed by atoms with van der Waals surface area (Å²) in [6, 6.07) is 3.49. The summed E-state index contributed by atoms with van der Waals surface area (Å²) < 4.78 is 25.3. The number of nitrogens with zero attached hydrogens (tertiary/aromatic N) is 2. The van der Waals surface area contributed by atoms with Gasteiger partial charge in [0.2, 0.25) is 6.43 Å². The van der Waals surface area contributed by atoms with Crippen molar-refractivity contribution in [3.8, 4) is 0 Å². The highest BCUT2D eigenvalue weighted by atomic mass is 19.3. The normalized spacial score (nSPS) is 21.4. The lowest BCUT2D eigenvalue weighted by atomic mass is 9.98. The van der Waals surface area contributed by atoms with E-state index in [4.69, 9.17) is 5.73 Å². The maximum absolute atomic E-state index is 12.6. The molecule has 1 fully saturated rings. The number of aromatic nitrogens is 1. The second-order valence-electron chi connectivity index (χ2n) is 4.10. The highest BCUT2D eigenvalue weighted by Crippen LogP contribution is 2.28. The standard InChI is InChI=1S/C11H15F2N3/c12-10(13)8-3-2-6-16(7-8)11-9(14)4-1-5-15-11/h1,4-5,8,10H,2-3,6-7,14H2/t8-/m0/s1. The van der Waals surface area contributed by atoms with Crippen molar-refractivity contribution < 1.29 is 8.78 Å². The van der Waals surface area contributed by atoms with E-state index < -0.39 is 12.3 Å². The molecule has 0 aliphatic carbocycles. The minimum atomic E-state index is -2.26. The van der Waals surface area contributed by atoms with E-state index in [2.05, 4.69) is 4.98 Å². The minimum absolute atomic E-state index is 0.346. The largest absolute Gasteiger partial charge is 0.396 e. The minimum Gasteiger partial charge on any atom is -0.396 e. The van der Waals surface area contributed by atoms with E-state index in [0.29, 0.717) is 24.5 Å². The van der Waals surface area contributed by atoms with Gasteiger partial charge in [0.1, 0.15) is 0 Å². The Labute approximate surface area is 93.3 Å². The van der Waals surface area contributed by atoms with Gasteiger partial charge in [0, 0.05) is 25.2 Å². The monoisotopic (exact) mass is 227 g/mol. The van der Waals surface area contributed by atoms with Crippen LogP contribution < -0.4 is 10.6 Å². The number of anilines is 2. The van der Waals surface area contributed by atoms with E-state index in [-0.39, 0.29) is 0 Å². The Kier molecular flexibility index (Phi) is 3.22. The topological polar surface area (TPSA) is 42.1 Å². The Morgan fingerprint density at radius 1 is 1.50 bits per heavy atom. The summed E-state index contributed by atoms with van der Waals surface area (Å²) in [6.07, 6.45) is 0.733. The van der Waals surface area contributed by atoms with E-state index in [1.54, 1.807) is 18.3 Å². The van der Waals surface area contributed by atoms with Gasteiger partial charge in [-0.25, -0.2) is 13.8 Å². The fraction of sp³-hybridized carbons (Fsp3) is 0.545. The van der Waals surface area contributed by atoms with Gasteiger partial charge >= 0.3 is 0 Å². The zero-order valence-electron chi connectivity index (χ0n) is 8.94. The third kappa shape index (κ3) is 2.23. The Balaban J connectivity index is 2.13. The Morgan fingerprint density at radius 2 is 2.31 bits per heavy atom. The fourth-order valence-electron chi connectivity index (χ4n) is 2.08. The molecule has 1 aliphatic heterocycles. The van der Waals surface area contributed by atoms with E-state index >= 15 is 0 Å². The van der Waals surface area contributed by atoms with Crippen LogP contribution in [0.3, 0.4) is 0 Å². The van der Waals surface area contributed by atoms with Gasteiger partial charge in [-0.05, 0) is 25.0 Å². The Morgan fingerprint density at radius 3 is 3.00 bits per heavy atom. The number of rotatable bonds is 2. The predicted octanol–water partition coefficient (Wildman–Crippen LogP) is 2.15. The number of piperidine rings is 1. The zero-order valence-corrected chi connectivity index (χ0v) is 8.94. The van der Waals surface area contributed by atoms with Crippen LogP contribution in [0.4, 0.5) is 20.3 Å². The molecule has 1 saturated heterocycles. The molecule has 0 radical (unpaired) electrons. The number of alkyl halides is 2. The number of halogens is 2. The zero-order chi connectivity index (χ0) is 11.5. The van der Waals surface area contributed by atoms with Crippen molar-refractivity contribution in [2.24, 2.45) is 5.92 Å². The number of hydrogen-bond acceptors (Lipinski definition) is 3. The Hall–Kier alpha value is -1.39. The van der Waals surface area contributed by atoms with E-state index in [9.17, 15) is 8.78 Å². The van der Waals surface area contributed by atoms with Gasteiger partial charge in [-0.1, -0.05) is 0 Å². The van der Waals surface area contributed by atoms with E-state index in [1.165, 1.54) is 0 Å². The van der Waals surface area contributed by atoms with Gasteiger partial charge in [-0.2, -0.15) is 0 Å². The van der Waals surface area contributed by atoms with Crippen LogP contribution >= 0.6 is 0 Å². The summed E-state index contributed by atoms with van der Waals surface area (Å²) in [5.74, 6) is 0.0722. The Bertz CT molecular complexity index is 357. The van der Waals surface area contributed by atoms with E-state index in [1.807, 2.05) is 4.90 Å². The van der Waals surface area contributed by atoms with Crippen molar-refractivity contribution >= 4 is 11.5 Å². The van der Waals surface area contributed by atoms with Crippen LogP contribution in [0.5, 0.6) is 0 Å². The summed E-state index contributed by atoms with van der Waals surface area (Å²) >= 11 is 0. The number of nitrogen functional groups attached to an aromatic ring is 1. The van der Waals surface area contributed by atoms with Crippen LogP contribution in [0.2, 0.25) is 0 Å². The molecule has 88 valence electrons. The molecule has 2 heterocycles. The van der Waals surface area contributed by atoms with Crippen molar-refractivity contribution in [2.45, 2.75) is 19.3 Å². The third-order valence-corrected chi connectivity index (χ3v) is 2.93. The average Bonchev–Trinajstić information content (AvgIpc) is 2.30. The molecule has 0 amide bonds. The lowest BCUT2D eigenvalue weighted by molar-refractivity contribution is 0.0686. The number of nitrogens with two attached hydrogens (primary N) is 1. The fourth-order valence-corrected chi connectivity index (χ4v) is 2.08. The van der Waals surface area contributed by atoms with Crippen molar-refractivity contribution in [2.75, 3.05) is 23.7 Å². The smallest absolute Gasteiger partial charge is 0.243 e. The molecule has 1 atom stereocenters. The lowest BCUT2D eigenvalue weighted by Crippen LogP contribution is -2.39. The van der Waals surface area contributed by atoms with Crippen molar-refractivity contribution in [1.82, 2.24) is 4.98 Å². The van der Waals surface area contributed by atoms with Crippen LogP contribution in [0, 0.1) is 5.92 Å². The number of pyridine rings is 1. The van der Waals surface area contributed by atoms with Gasteiger partial charge in [-0.3, -0.25) is 0 Å². The molecule has 0 spiro atoms. The molecule has 0 bridgehead atoms. The quantitative estimate of drug-likeness (QED) is 0.841. The van der Waals surface area contributed by atoms with Gasteiger partial charge in [-0.15, -0.1) is 0 Å². The predicted molar refractivity (Wildman–Crippen MR) is 59.6 cm³/mol. The van der Waals surface area contributed by atoms with Crippen LogP contribution in [-0.4, -0.2) is 24.5 Å². The molecule has 16 heavy (non-hydrogen) atoms. The first-order valence-corrected chi connectivity index (χ1v) is 5.42. The SMILES string of the molecule is Nc1cccnc1N1CCC[C@H](C(F)F)C1. The molecule has 1 aliphatic rings. The molecular weight excluding hydrogens is 212 g/mol. The van der Waals surface area contributed by atoms with Crippen LogP contribution in [0.15, 0.2) is 18.3 Å². The molecular formula is C11H15F2N3. The van der Waals surface area contributed by atoms with Crippen molar-refractivity contribution in [3.63, 3.8) is 0 Å². The maximum atomic E-state index is 12.6. The van der Waals surface area contributed by atoms with Crippen molar-refractivity contribution in [1.29, 1.82) is 0 Å². The first-order valence-electron chi connectivity index (χ1n) is 5.42. The second-order valence-corrected chi connectivity index (χ2v) is 4.10. The molecule has 1 aromatic rings. The van der Waals surface area contributed by atoms with Gasteiger partial charge < -0.3 is 10.6 Å². The molecule has 1 aromatic heterocycles. The number of hydrogen-bond donors (Lipinski definition) is 1. The molecule has 0 saturated carbocycles. The van der Waals surface area contributed by atoms with Crippen molar-refractivity contribution in [3.05, 3.63) is 18.3 Å². The lowest BCUT2D eigenvalue weighted by Gasteiger charge is -2.33. The molecule has 3 nitrogen and oxygen atoms in total. The molecule has 0 unspecified atom stereocenters. The summed E-state index contributed by atoms with van der Waals surface area (Å²) in [7, 11) is 0. The molecule has 2 rings (SSSR count). The molecule has 5 heteroatoms. The highest BCUT2D eigenvalue weighted by molar-refractivity contribution is 5.62. The first-order chi connectivity index (χ1) is 7.68. The summed E-state index contributed by atoms with van der Waals surface area (Å²) in [4.78, 5) is 6.01. The van der Waals surface area contributed by atoms with Gasteiger partial charge in [0.25, 0.3) is 0 Å².